The van der Waals surface area contributed by atoms with E-state index >= 15 is 0 Å². The van der Waals surface area contributed by atoms with Crippen molar-refractivity contribution in [3.05, 3.63) is 65.0 Å². The number of ether oxygens (including phenoxy) is 1. The number of rotatable bonds is 6. The smallest absolute Gasteiger partial charge is 0.127 e. The fraction of sp³-hybridized carbons (Fsp3) is 0.294. The van der Waals surface area contributed by atoms with Crippen LogP contribution in [0.25, 0.3) is 0 Å². The van der Waals surface area contributed by atoms with Crippen molar-refractivity contribution in [1.29, 1.82) is 0 Å². The number of hydrogen-bond acceptors (Lipinski definition) is 2. The number of nitrogens with one attached hydrogen (secondary N) is 1. The van der Waals surface area contributed by atoms with Gasteiger partial charge >= 0.3 is 0 Å². The standard InChI is InChI=1S/C17H20FNO/c1-3-19-11-14-8-16(18)10-17(9-14)20-12-15-7-5-4-6-13(15)2/h4-10,19H,3,11-12H2,1-2H3. The summed E-state index contributed by atoms with van der Waals surface area (Å²) in [7, 11) is 0. The second kappa shape index (κ2) is 7.06. The third kappa shape index (κ3) is 4.07. The van der Waals surface area contributed by atoms with Gasteiger partial charge in [-0.05, 0) is 42.3 Å². The fourth-order valence-corrected chi connectivity index (χ4v) is 2.01. The zero-order valence-corrected chi connectivity index (χ0v) is 11.9. The highest BCUT2D eigenvalue weighted by molar-refractivity contribution is 5.31. The summed E-state index contributed by atoms with van der Waals surface area (Å²) in [6.07, 6.45) is 0. The van der Waals surface area contributed by atoms with Crippen molar-refractivity contribution >= 4 is 0 Å². The topological polar surface area (TPSA) is 21.3 Å². The molecule has 0 aromatic heterocycles. The molecule has 0 amide bonds. The van der Waals surface area contributed by atoms with E-state index in [0.717, 1.165) is 17.7 Å². The Balaban J connectivity index is 2.05. The zero-order chi connectivity index (χ0) is 14.4. The average Bonchev–Trinajstić information content (AvgIpc) is 2.44. The van der Waals surface area contributed by atoms with Gasteiger partial charge in [-0.1, -0.05) is 31.2 Å². The first-order valence-corrected chi connectivity index (χ1v) is 6.86. The van der Waals surface area contributed by atoms with E-state index in [1.165, 1.54) is 17.7 Å². The summed E-state index contributed by atoms with van der Waals surface area (Å²) in [5, 5.41) is 3.18. The molecule has 0 spiro atoms. The minimum absolute atomic E-state index is 0.264. The van der Waals surface area contributed by atoms with Crippen LogP contribution in [0.3, 0.4) is 0 Å². The van der Waals surface area contributed by atoms with Crippen LogP contribution >= 0.6 is 0 Å². The van der Waals surface area contributed by atoms with E-state index in [1.54, 1.807) is 0 Å². The number of benzene rings is 2. The van der Waals surface area contributed by atoms with Crippen LogP contribution in [0.2, 0.25) is 0 Å². The Labute approximate surface area is 119 Å². The molecule has 0 atom stereocenters. The molecule has 0 aliphatic heterocycles. The molecular weight excluding hydrogens is 253 g/mol. The maximum Gasteiger partial charge on any atom is 0.127 e. The van der Waals surface area contributed by atoms with Crippen molar-refractivity contribution in [3.63, 3.8) is 0 Å². The SMILES string of the molecule is CCNCc1cc(F)cc(OCc2ccccc2C)c1. The Morgan fingerprint density at radius 3 is 2.70 bits per heavy atom. The Kier molecular flexibility index (Phi) is 5.13. The zero-order valence-electron chi connectivity index (χ0n) is 11.9. The highest BCUT2D eigenvalue weighted by atomic mass is 19.1. The molecule has 0 aliphatic rings. The van der Waals surface area contributed by atoms with E-state index in [0.29, 0.717) is 18.9 Å². The second-order valence-electron chi connectivity index (χ2n) is 4.79. The Morgan fingerprint density at radius 2 is 1.95 bits per heavy atom. The van der Waals surface area contributed by atoms with Crippen LogP contribution in [-0.2, 0) is 13.2 Å². The molecule has 0 radical (unpaired) electrons. The Hall–Kier alpha value is -1.87. The predicted molar refractivity (Wildman–Crippen MR) is 79.3 cm³/mol. The molecule has 2 aromatic rings. The van der Waals surface area contributed by atoms with Gasteiger partial charge in [0.2, 0.25) is 0 Å². The van der Waals surface area contributed by atoms with E-state index in [-0.39, 0.29) is 5.82 Å². The minimum Gasteiger partial charge on any atom is -0.489 e. The molecule has 0 fully saturated rings. The van der Waals surface area contributed by atoms with Gasteiger partial charge in [0, 0.05) is 12.6 Å². The van der Waals surface area contributed by atoms with Gasteiger partial charge in [0.25, 0.3) is 0 Å². The van der Waals surface area contributed by atoms with Crippen LogP contribution in [0.4, 0.5) is 4.39 Å². The van der Waals surface area contributed by atoms with Gasteiger partial charge in [0.1, 0.15) is 18.2 Å². The van der Waals surface area contributed by atoms with Crippen LogP contribution in [0, 0.1) is 12.7 Å². The number of aryl methyl sites for hydroxylation is 1. The minimum atomic E-state index is -0.264. The van der Waals surface area contributed by atoms with Crippen molar-refractivity contribution in [1.82, 2.24) is 5.32 Å². The van der Waals surface area contributed by atoms with Gasteiger partial charge in [-0.25, -0.2) is 4.39 Å². The maximum atomic E-state index is 13.6. The summed E-state index contributed by atoms with van der Waals surface area (Å²) in [6.45, 7) is 6.03. The molecule has 0 heterocycles. The first-order chi connectivity index (χ1) is 9.69. The summed E-state index contributed by atoms with van der Waals surface area (Å²) in [5.41, 5.74) is 3.19. The number of halogens is 1. The monoisotopic (exact) mass is 273 g/mol. The summed E-state index contributed by atoms with van der Waals surface area (Å²) in [5.74, 6) is 0.307. The molecule has 0 aliphatic carbocycles. The molecular formula is C17H20FNO. The van der Waals surface area contributed by atoms with E-state index in [1.807, 2.05) is 44.2 Å². The lowest BCUT2D eigenvalue weighted by molar-refractivity contribution is 0.303. The highest BCUT2D eigenvalue weighted by Crippen LogP contribution is 2.18. The second-order valence-corrected chi connectivity index (χ2v) is 4.79. The molecule has 2 nitrogen and oxygen atoms in total. The molecule has 2 aromatic carbocycles. The van der Waals surface area contributed by atoms with Crippen LogP contribution in [0.1, 0.15) is 23.6 Å². The maximum absolute atomic E-state index is 13.6. The van der Waals surface area contributed by atoms with Crippen LogP contribution in [0.5, 0.6) is 5.75 Å². The third-order valence-electron chi connectivity index (χ3n) is 3.17. The van der Waals surface area contributed by atoms with Crippen LogP contribution < -0.4 is 10.1 Å². The van der Waals surface area contributed by atoms with Crippen LogP contribution in [-0.4, -0.2) is 6.54 Å². The third-order valence-corrected chi connectivity index (χ3v) is 3.17. The molecule has 106 valence electrons. The molecule has 0 saturated heterocycles. The highest BCUT2D eigenvalue weighted by Gasteiger charge is 2.03. The van der Waals surface area contributed by atoms with Gasteiger partial charge < -0.3 is 10.1 Å². The van der Waals surface area contributed by atoms with E-state index in [2.05, 4.69) is 5.32 Å². The summed E-state index contributed by atoms with van der Waals surface area (Å²) >= 11 is 0. The van der Waals surface area contributed by atoms with Crippen molar-refractivity contribution in [2.24, 2.45) is 0 Å². The molecule has 3 heteroatoms. The largest absolute Gasteiger partial charge is 0.489 e. The first-order valence-electron chi connectivity index (χ1n) is 6.86. The Bertz CT molecular complexity index is 569. The first kappa shape index (κ1) is 14.5. The van der Waals surface area contributed by atoms with Gasteiger partial charge in [-0.2, -0.15) is 0 Å². The molecule has 0 bridgehead atoms. The lowest BCUT2D eigenvalue weighted by Crippen LogP contribution is -2.12. The quantitative estimate of drug-likeness (QED) is 0.864. The fourth-order valence-electron chi connectivity index (χ4n) is 2.01. The lowest BCUT2D eigenvalue weighted by atomic mass is 10.1. The van der Waals surface area contributed by atoms with Crippen LogP contribution in [0.15, 0.2) is 42.5 Å². The van der Waals surface area contributed by atoms with Gasteiger partial charge in [-0.15, -0.1) is 0 Å². The molecule has 1 N–H and O–H groups in total. The molecule has 2 rings (SSSR count). The predicted octanol–water partition coefficient (Wildman–Crippen LogP) is 3.82. The lowest BCUT2D eigenvalue weighted by Gasteiger charge is -2.10. The van der Waals surface area contributed by atoms with Crippen molar-refractivity contribution in [2.45, 2.75) is 27.0 Å². The molecule has 20 heavy (non-hydrogen) atoms. The van der Waals surface area contributed by atoms with Crippen molar-refractivity contribution in [3.8, 4) is 5.75 Å². The Morgan fingerprint density at radius 1 is 1.15 bits per heavy atom. The van der Waals surface area contributed by atoms with Gasteiger partial charge in [0.05, 0.1) is 0 Å². The summed E-state index contributed by atoms with van der Waals surface area (Å²) < 4.78 is 19.3. The normalized spacial score (nSPS) is 10.6. The van der Waals surface area contributed by atoms with Gasteiger partial charge in [0.15, 0.2) is 0 Å². The number of hydrogen-bond donors (Lipinski definition) is 1. The summed E-state index contributed by atoms with van der Waals surface area (Å²) in [6, 6.07) is 12.9. The van der Waals surface area contributed by atoms with Gasteiger partial charge in [-0.3, -0.25) is 0 Å². The summed E-state index contributed by atoms with van der Waals surface area (Å²) in [4.78, 5) is 0. The van der Waals surface area contributed by atoms with Crippen molar-refractivity contribution in [2.75, 3.05) is 6.54 Å². The molecule has 0 saturated carbocycles. The van der Waals surface area contributed by atoms with Crippen molar-refractivity contribution < 1.29 is 9.13 Å². The average molecular weight is 273 g/mol. The van der Waals surface area contributed by atoms with E-state index in [4.69, 9.17) is 4.74 Å². The van der Waals surface area contributed by atoms with E-state index in [9.17, 15) is 4.39 Å². The van der Waals surface area contributed by atoms with E-state index < -0.39 is 0 Å². The molecule has 0 unspecified atom stereocenters.